The molecule has 1 aromatic rings. The molecule has 0 fully saturated rings. The predicted octanol–water partition coefficient (Wildman–Crippen LogP) is 3.34. The summed E-state index contributed by atoms with van der Waals surface area (Å²) < 4.78 is 51.4. The van der Waals surface area contributed by atoms with Crippen LogP contribution in [0.3, 0.4) is 0 Å². The Morgan fingerprint density at radius 1 is 1.25 bits per heavy atom. The average Bonchev–Trinajstić information content (AvgIpc) is 2.34. The number of hydrogen-bond acceptors (Lipinski definition) is 2. The van der Waals surface area contributed by atoms with Crippen LogP contribution in [0.5, 0.6) is 0 Å². The van der Waals surface area contributed by atoms with Crippen molar-refractivity contribution in [3.63, 3.8) is 0 Å². The fourth-order valence-corrected chi connectivity index (χ4v) is 2.02. The predicted molar refractivity (Wildman–Crippen MR) is 68.6 cm³/mol. The van der Waals surface area contributed by atoms with Crippen LogP contribution in [0.15, 0.2) is 18.2 Å². The van der Waals surface area contributed by atoms with Crippen molar-refractivity contribution < 1.29 is 22.7 Å². The Morgan fingerprint density at radius 2 is 1.90 bits per heavy atom. The van der Waals surface area contributed by atoms with Crippen LogP contribution in [0.25, 0.3) is 0 Å². The minimum atomic E-state index is -4.58. The van der Waals surface area contributed by atoms with Crippen LogP contribution in [0.4, 0.5) is 17.6 Å². The highest BCUT2D eigenvalue weighted by atomic mass is 19.4. The third-order valence-corrected chi connectivity index (χ3v) is 3.18. The summed E-state index contributed by atoms with van der Waals surface area (Å²) in [5.41, 5.74) is -0.959. The number of rotatable bonds is 6. The van der Waals surface area contributed by atoms with Gasteiger partial charge in [0.2, 0.25) is 0 Å². The van der Waals surface area contributed by atoms with Crippen molar-refractivity contribution in [3.05, 3.63) is 35.1 Å². The van der Waals surface area contributed by atoms with Crippen molar-refractivity contribution >= 4 is 0 Å². The molecule has 0 aromatic heterocycles. The van der Waals surface area contributed by atoms with E-state index in [-0.39, 0.29) is 30.7 Å². The molecule has 0 bridgehead atoms. The van der Waals surface area contributed by atoms with E-state index in [0.29, 0.717) is 12.5 Å². The maximum absolute atomic E-state index is 13.0. The van der Waals surface area contributed by atoms with Gasteiger partial charge in [0.25, 0.3) is 0 Å². The van der Waals surface area contributed by atoms with Gasteiger partial charge in [0, 0.05) is 19.2 Å². The Labute approximate surface area is 115 Å². The van der Waals surface area contributed by atoms with E-state index in [1.807, 2.05) is 13.8 Å². The number of hydrogen-bond donors (Lipinski definition) is 2. The molecule has 0 spiro atoms. The number of benzene rings is 1. The van der Waals surface area contributed by atoms with Gasteiger partial charge in [-0.2, -0.15) is 13.2 Å². The first kappa shape index (κ1) is 16.9. The molecule has 114 valence electrons. The van der Waals surface area contributed by atoms with Crippen molar-refractivity contribution in [2.24, 2.45) is 5.92 Å². The normalized spacial score (nSPS) is 13.8. The van der Waals surface area contributed by atoms with Gasteiger partial charge in [-0.05, 0) is 30.0 Å². The van der Waals surface area contributed by atoms with E-state index in [4.69, 9.17) is 5.11 Å². The van der Waals surface area contributed by atoms with E-state index in [2.05, 4.69) is 5.32 Å². The van der Waals surface area contributed by atoms with E-state index in [1.54, 1.807) is 0 Å². The number of alkyl halides is 3. The van der Waals surface area contributed by atoms with Gasteiger partial charge in [0.15, 0.2) is 0 Å². The van der Waals surface area contributed by atoms with Gasteiger partial charge in [-0.1, -0.05) is 19.9 Å². The van der Waals surface area contributed by atoms with Crippen molar-refractivity contribution in [1.29, 1.82) is 0 Å². The first-order valence-corrected chi connectivity index (χ1v) is 6.45. The second-order valence-corrected chi connectivity index (χ2v) is 5.04. The third-order valence-electron chi connectivity index (χ3n) is 3.18. The summed E-state index contributed by atoms with van der Waals surface area (Å²) in [6.07, 6.45) is -4.12. The molecule has 2 nitrogen and oxygen atoms in total. The van der Waals surface area contributed by atoms with Gasteiger partial charge in [0.1, 0.15) is 5.82 Å². The fourth-order valence-electron chi connectivity index (χ4n) is 2.02. The summed E-state index contributed by atoms with van der Waals surface area (Å²) in [5.74, 6) is -0.728. The van der Waals surface area contributed by atoms with E-state index in [9.17, 15) is 17.6 Å². The van der Waals surface area contributed by atoms with Gasteiger partial charge in [-0.15, -0.1) is 0 Å². The van der Waals surface area contributed by atoms with Crippen LogP contribution in [-0.2, 0) is 12.7 Å². The smallest absolute Gasteiger partial charge is 0.396 e. The lowest BCUT2D eigenvalue weighted by Crippen LogP contribution is -2.34. The van der Waals surface area contributed by atoms with Crippen molar-refractivity contribution in [1.82, 2.24) is 5.32 Å². The standard InChI is InChI=1S/C14H19F4NO/c1-9(2)13(5-6-20)19-8-10-3-4-11(15)7-12(10)14(16,17)18/h3-4,7,9,13,19-20H,5-6,8H2,1-2H3. The summed E-state index contributed by atoms with van der Waals surface area (Å²) >= 11 is 0. The second-order valence-electron chi connectivity index (χ2n) is 5.04. The Bertz CT molecular complexity index is 432. The Balaban J connectivity index is 2.87. The maximum atomic E-state index is 13.0. The topological polar surface area (TPSA) is 32.3 Å². The molecule has 6 heteroatoms. The van der Waals surface area contributed by atoms with Gasteiger partial charge in [0.05, 0.1) is 5.56 Å². The van der Waals surface area contributed by atoms with Gasteiger partial charge >= 0.3 is 6.18 Å². The van der Waals surface area contributed by atoms with Crippen LogP contribution in [0, 0.1) is 11.7 Å². The molecule has 0 amide bonds. The van der Waals surface area contributed by atoms with Gasteiger partial charge < -0.3 is 10.4 Å². The Hall–Kier alpha value is -1.14. The van der Waals surface area contributed by atoms with Gasteiger partial charge in [-0.3, -0.25) is 0 Å². The molecular formula is C14H19F4NO. The minimum Gasteiger partial charge on any atom is -0.396 e. The van der Waals surface area contributed by atoms with Crippen LogP contribution in [0.1, 0.15) is 31.4 Å². The van der Waals surface area contributed by atoms with E-state index < -0.39 is 17.6 Å². The summed E-state index contributed by atoms with van der Waals surface area (Å²) in [4.78, 5) is 0. The van der Waals surface area contributed by atoms with E-state index in [1.165, 1.54) is 0 Å². The highest BCUT2D eigenvalue weighted by molar-refractivity contribution is 5.30. The molecule has 0 heterocycles. The highest BCUT2D eigenvalue weighted by Gasteiger charge is 2.33. The summed E-state index contributed by atoms with van der Waals surface area (Å²) in [6, 6.07) is 2.57. The highest BCUT2D eigenvalue weighted by Crippen LogP contribution is 2.32. The van der Waals surface area contributed by atoms with Crippen LogP contribution in [-0.4, -0.2) is 17.8 Å². The Kier molecular flexibility index (Phi) is 5.95. The minimum absolute atomic E-state index is 0.00231. The van der Waals surface area contributed by atoms with Crippen LogP contribution >= 0.6 is 0 Å². The number of aliphatic hydroxyl groups excluding tert-OH is 1. The zero-order valence-corrected chi connectivity index (χ0v) is 11.5. The zero-order chi connectivity index (χ0) is 15.3. The number of halogens is 4. The van der Waals surface area contributed by atoms with Crippen molar-refractivity contribution in [2.75, 3.05) is 6.61 Å². The molecule has 0 saturated heterocycles. The SMILES string of the molecule is CC(C)C(CCO)NCc1ccc(F)cc1C(F)(F)F. The third kappa shape index (κ3) is 4.76. The summed E-state index contributed by atoms with van der Waals surface area (Å²) in [6.45, 7) is 3.79. The molecule has 0 radical (unpaired) electrons. The number of nitrogens with one attached hydrogen (secondary N) is 1. The lowest BCUT2D eigenvalue weighted by atomic mass is 10.00. The maximum Gasteiger partial charge on any atom is 0.416 e. The molecule has 20 heavy (non-hydrogen) atoms. The molecule has 1 unspecified atom stereocenters. The lowest BCUT2D eigenvalue weighted by molar-refractivity contribution is -0.138. The largest absolute Gasteiger partial charge is 0.416 e. The molecule has 1 rings (SSSR count). The fraction of sp³-hybridized carbons (Fsp3) is 0.571. The zero-order valence-electron chi connectivity index (χ0n) is 11.5. The molecule has 1 atom stereocenters. The first-order valence-electron chi connectivity index (χ1n) is 6.45. The van der Waals surface area contributed by atoms with Crippen LogP contribution in [0.2, 0.25) is 0 Å². The first-order chi connectivity index (χ1) is 9.25. The Morgan fingerprint density at radius 3 is 2.40 bits per heavy atom. The molecule has 0 aliphatic rings. The van der Waals surface area contributed by atoms with E-state index in [0.717, 1.165) is 12.1 Å². The molecule has 0 saturated carbocycles. The van der Waals surface area contributed by atoms with Crippen LogP contribution < -0.4 is 5.32 Å². The quantitative estimate of drug-likeness (QED) is 0.788. The molecule has 2 N–H and O–H groups in total. The van der Waals surface area contributed by atoms with Gasteiger partial charge in [-0.25, -0.2) is 4.39 Å². The molecule has 0 aliphatic heterocycles. The van der Waals surface area contributed by atoms with E-state index >= 15 is 0 Å². The molecule has 1 aromatic carbocycles. The van der Waals surface area contributed by atoms with Crippen molar-refractivity contribution in [2.45, 2.75) is 39.0 Å². The monoisotopic (exact) mass is 293 g/mol. The lowest BCUT2D eigenvalue weighted by Gasteiger charge is -2.22. The van der Waals surface area contributed by atoms with Crippen molar-refractivity contribution in [3.8, 4) is 0 Å². The number of aliphatic hydroxyl groups is 1. The summed E-state index contributed by atoms with van der Waals surface area (Å²) in [7, 11) is 0. The summed E-state index contributed by atoms with van der Waals surface area (Å²) in [5, 5.41) is 11.9. The average molecular weight is 293 g/mol. The molecule has 0 aliphatic carbocycles. The second kappa shape index (κ2) is 7.04. The molecular weight excluding hydrogens is 274 g/mol.